The number of thiophene rings is 1. The van der Waals surface area contributed by atoms with Crippen LogP contribution in [0.2, 0.25) is 0 Å². The van der Waals surface area contributed by atoms with E-state index >= 15 is 0 Å². The molecule has 0 fully saturated rings. The summed E-state index contributed by atoms with van der Waals surface area (Å²) in [4.78, 5) is 13.0. The average Bonchev–Trinajstić information content (AvgIpc) is 3.32. The molecule has 0 spiro atoms. The number of benzene rings is 2. The quantitative estimate of drug-likeness (QED) is 0.469. The number of nitrogens with zero attached hydrogens (tertiary/aromatic N) is 1. The highest BCUT2D eigenvalue weighted by molar-refractivity contribution is 7.17. The maximum absolute atomic E-state index is 13.0. The van der Waals surface area contributed by atoms with Crippen LogP contribution in [0.4, 0.5) is 0 Å². The summed E-state index contributed by atoms with van der Waals surface area (Å²) in [7, 11) is 1.67. The molecular formula is C24H24N2O2S. The van der Waals surface area contributed by atoms with Crippen LogP contribution in [0.3, 0.4) is 0 Å². The SMILES string of the molecule is COc1ccccc1CCNC(=O)c1cc2sccc2n1Cc1ccc(C)cc1. The van der Waals surface area contributed by atoms with Crippen molar-refractivity contribution < 1.29 is 9.53 Å². The summed E-state index contributed by atoms with van der Waals surface area (Å²) in [5.41, 5.74) is 5.31. The molecular weight excluding hydrogens is 380 g/mol. The monoisotopic (exact) mass is 404 g/mol. The number of methoxy groups -OCH3 is 1. The Kier molecular flexibility index (Phi) is 5.67. The summed E-state index contributed by atoms with van der Waals surface area (Å²) in [6.07, 6.45) is 0.725. The standard InChI is InChI=1S/C24H24N2O2S/c1-17-7-9-18(10-8-17)16-26-20-12-14-29-23(20)15-21(26)24(27)25-13-11-19-5-3-4-6-22(19)28-2/h3-10,12,14-15H,11,13,16H2,1-2H3,(H,25,27). The Bertz CT molecular complexity index is 1130. The molecule has 0 aliphatic heterocycles. The van der Waals surface area contributed by atoms with E-state index in [2.05, 4.69) is 52.5 Å². The molecule has 148 valence electrons. The molecule has 29 heavy (non-hydrogen) atoms. The van der Waals surface area contributed by atoms with Crippen LogP contribution in [0.25, 0.3) is 10.2 Å². The first-order valence-corrected chi connectivity index (χ1v) is 10.6. The first-order chi connectivity index (χ1) is 14.2. The van der Waals surface area contributed by atoms with E-state index in [0.29, 0.717) is 18.8 Å². The van der Waals surface area contributed by atoms with E-state index < -0.39 is 0 Å². The van der Waals surface area contributed by atoms with Gasteiger partial charge in [0.25, 0.3) is 5.91 Å². The number of carbonyl (C=O) groups is 1. The zero-order valence-electron chi connectivity index (χ0n) is 16.6. The van der Waals surface area contributed by atoms with Crippen LogP contribution in [-0.2, 0) is 13.0 Å². The van der Waals surface area contributed by atoms with Gasteiger partial charge in [0.1, 0.15) is 11.4 Å². The summed E-state index contributed by atoms with van der Waals surface area (Å²) >= 11 is 1.66. The van der Waals surface area contributed by atoms with Gasteiger partial charge >= 0.3 is 0 Å². The second-order valence-electron chi connectivity index (χ2n) is 7.09. The summed E-state index contributed by atoms with van der Waals surface area (Å²) in [6.45, 7) is 3.31. The lowest BCUT2D eigenvalue weighted by molar-refractivity contribution is 0.0945. The predicted molar refractivity (Wildman–Crippen MR) is 119 cm³/mol. The van der Waals surface area contributed by atoms with Gasteiger partial charge < -0.3 is 14.6 Å². The molecule has 4 nitrogen and oxygen atoms in total. The molecule has 0 saturated carbocycles. The fourth-order valence-electron chi connectivity index (χ4n) is 3.52. The second kappa shape index (κ2) is 8.53. The van der Waals surface area contributed by atoms with Crippen LogP contribution >= 0.6 is 11.3 Å². The average molecular weight is 405 g/mol. The minimum Gasteiger partial charge on any atom is -0.496 e. The lowest BCUT2D eigenvalue weighted by atomic mass is 10.1. The zero-order chi connectivity index (χ0) is 20.2. The molecule has 1 amide bonds. The number of para-hydroxylation sites is 1. The second-order valence-corrected chi connectivity index (χ2v) is 8.04. The fourth-order valence-corrected chi connectivity index (χ4v) is 4.34. The molecule has 0 aliphatic rings. The van der Waals surface area contributed by atoms with Crippen LogP contribution in [0.15, 0.2) is 66.0 Å². The number of fused-ring (bicyclic) bond motifs is 1. The number of nitrogens with one attached hydrogen (secondary N) is 1. The van der Waals surface area contributed by atoms with Gasteiger partial charge in [0, 0.05) is 13.1 Å². The molecule has 2 aromatic carbocycles. The summed E-state index contributed by atoms with van der Waals surface area (Å²) in [5, 5.41) is 5.14. The Hall–Kier alpha value is -3.05. The molecule has 0 atom stereocenters. The molecule has 0 unspecified atom stereocenters. The van der Waals surface area contributed by atoms with Crippen LogP contribution in [-0.4, -0.2) is 24.1 Å². The Labute approximate surface area is 174 Å². The van der Waals surface area contributed by atoms with Crippen LogP contribution in [0, 0.1) is 6.92 Å². The first-order valence-electron chi connectivity index (χ1n) is 9.68. The van der Waals surface area contributed by atoms with Crippen molar-refractivity contribution in [3.8, 4) is 5.75 Å². The van der Waals surface area contributed by atoms with E-state index in [4.69, 9.17) is 4.74 Å². The normalized spacial score (nSPS) is 11.0. The number of hydrogen-bond donors (Lipinski definition) is 1. The van der Waals surface area contributed by atoms with Gasteiger partial charge in [-0.1, -0.05) is 48.0 Å². The van der Waals surface area contributed by atoms with Gasteiger partial charge in [-0.3, -0.25) is 4.79 Å². The number of aromatic nitrogens is 1. The highest BCUT2D eigenvalue weighted by Crippen LogP contribution is 2.26. The third-order valence-electron chi connectivity index (χ3n) is 5.09. The van der Waals surface area contributed by atoms with E-state index in [1.807, 2.05) is 30.3 Å². The molecule has 0 aliphatic carbocycles. The van der Waals surface area contributed by atoms with Crippen LogP contribution in [0.5, 0.6) is 5.75 Å². The highest BCUT2D eigenvalue weighted by atomic mass is 32.1. The van der Waals surface area contributed by atoms with Gasteiger partial charge in [0.2, 0.25) is 0 Å². The summed E-state index contributed by atoms with van der Waals surface area (Å²) in [5.74, 6) is 0.806. The minimum atomic E-state index is -0.0459. The number of amides is 1. The van der Waals surface area contributed by atoms with Gasteiger partial charge in [0.15, 0.2) is 0 Å². The maximum Gasteiger partial charge on any atom is 0.267 e. The number of hydrogen-bond acceptors (Lipinski definition) is 3. The van der Waals surface area contributed by atoms with Crippen molar-refractivity contribution in [1.29, 1.82) is 0 Å². The van der Waals surface area contributed by atoms with Crippen molar-refractivity contribution in [2.45, 2.75) is 19.9 Å². The maximum atomic E-state index is 13.0. The largest absolute Gasteiger partial charge is 0.496 e. The number of aryl methyl sites for hydroxylation is 1. The topological polar surface area (TPSA) is 43.3 Å². The van der Waals surface area contributed by atoms with Gasteiger partial charge in [0.05, 0.1) is 17.3 Å². The highest BCUT2D eigenvalue weighted by Gasteiger charge is 2.16. The first kappa shape index (κ1) is 19.3. The molecule has 0 radical (unpaired) electrons. The van der Waals surface area contributed by atoms with Crippen molar-refractivity contribution in [1.82, 2.24) is 9.88 Å². The number of ether oxygens (including phenoxy) is 1. The van der Waals surface area contributed by atoms with Crippen molar-refractivity contribution in [2.24, 2.45) is 0 Å². The summed E-state index contributed by atoms with van der Waals surface area (Å²) < 4.78 is 8.63. The lowest BCUT2D eigenvalue weighted by Gasteiger charge is -2.12. The zero-order valence-corrected chi connectivity index (χ0v) is 17.5. The Morgan fingerprint density at radius 3 is 2.69 bits per heavy atom. The predicted octanol–water partition coefficient (Wildman–Crippen LogP) is 5.04. The minimum absolute atomic E-state index is 0.0459. The number of carbonyl (C=O) groups excluding carboxylic acids is 1. The number of rotatable bonds is 7. The van der Waals surface area contributed by atoms with Gasteiger partial charge in [-0.2, -0.15) is 0 Å². The molecule has 1 N–H and O–H groups in total. The Balaban J connectivity index is 1.51. The summed E-state index contributed by atoms with van der Waals surface area (Å²) in [6, 6.07) is 20.4. The van der Waals surface area contributed by atoms with E-state index in [0.717, 1.165) is 28.0 Å². The molecule has 2 aromatic heterocycles. The van der Waals surface area contributed by atoms with Crippen LogP contribution < -0.4 is 10.1 Å². The lowest BCUT2D eigenvalue weighted by Crippen LogP contribution is -2.28. The third kappa shape index (κ3) is 4.20. The van der Waals surface area contributed by atoms with Crippen molar-refractivity contribution in [3.05, 3.63) is 88.4 Å². The fraction of sp³-hybridized carbons (Fsp3) is 0.208. The third-order valence-corrected chi connectivity index (χ3v) is 5.94. The molecule has 0 bridgehead atoms. The molecule has 4 rings (SSSR count). The van der Waals surface area contributed by atoms with Gasteiger partial charge in [-0.25, -0.2) is 0 Å². The Morgan fingerprint density at radius 1 is 1.10 bits per heavy atom. The van der Waals surface area contributed by atoms with Crippen molar-refractivity contribution >= 4 is 27.5 Å². The van der Waals surface area contributed by atoms with Crippen LogP contribution in [0.1, 0.15) is 27.2 Å². The van der Waals surface area contributed by atoms with Gasteiger partial charge in [-0.05, 0) is 48.1 Å². The van der Waals surface area contributed by atoms with Gasteiger partial charge in [-0.15, -0.1) is 11.3 Å². The van der Waals surface area contributed by atoms with Crippen molar-refractivity contribution in [2.75, 3.05) is 13.7 Å². The van der Waals surface area contributed by atoms with E-state index in [-0.39, 0.29) is 5.91 Å². The van der Waals surface area contributed by atoms with E-state index in [1.54, 1.807) is 18.4 Å². The van der Waals surface area contributed by atoms with Crippen molar-refractivity contribution in [3.63, 3.8) is 0 Å². The smallest absolute Gasteiger partial charge is 0.267 e. The van der Waals surface area contributed by atoms with E-state index in [9.17, 15) is 4.79 Å². The van der Waals surface area contributed by atoms with E-state index in [1.165, 1.54) is 11.1 Å². The molecule has 4 aromatic rings. The molecule has 2 heterocycles. The molecule has 5 heteroatoms. The Morgan fingerprint density at radius 2 is 1.90 bits per heavy atom. The molecule has 0 saturated heterocycles.